The monoisotopic (exact) mass is 162 g/mol. The molecular formula is C9H10N2O. The number of hydrogen-bond acceptors (Lipinski definition) is 3. The van der Waals surface area contributed by atoms with Crippen molar-refractivity contribution in [3.63, 3.8) is 0 Å². The Morgan fingerprint density at radius 3 is 2.92 bits per heavy atom. The van der Waals surface area contributed by atoms with Crippen LogP contribution in [0, 0.1) is 0 Å². The van der Waals surface area contributed by atoms with Gasteiger partial charge in [0.1, 0.15) is 12.0 Å². The van der Waals surface area contributed by atoms with Crippen LogP contribution in [0.25, 0.3) is 0 Å². The molecule has 2 rings (SSSR count). The van der Waals surface area contributed by atoms with E-state index in [1.54, 1.807) is 0 Å². The van der Waals surface area contributed by atoms with Crippen molar-refractivity contribution in [2.45, 2.75) is 25.7 Å². The van der Waals surface area contributed by atoms with Crippen molar-refractivity contribution in [2.75, 3.05) is 0 Å². The van der Waals surface area contributed by atoms with Crippen molar-refractivity contribution < 1.29 is 4.79 Å². The Bertz CT molecular complexity index is 309. The summed E-state index contributed by atoms with van der Waals surface area (Å²) >= 11 is 0. The zero-order valence-electron chi connectivity index (χ0n) is 6.79. The van der Waals surface area contributed by atoms with Gasteiger partial charge < -0.3 is 0 Å². The highest BCUT2D eigenvalue weighted by Crippen LogP contribution is 2.19. The zero-order chi connectivity index (χ0) is 8.39. The number of aromatic nitrogens is 2. The van der Waals surface area contributed by atoms with Crippen molar-refractivity contribution in [1.82, 2.24) is 9.97 Å². The van der Waals surface area contributed by atoms with Crippen molar-refractivity contribution in [3.8, 4) is 0 Å². The molecule has 0 saturated heterocycles. The number of nitrogens with zero attached hydrogens (tertiary/aromatic N) is 2. The maximum atomic E-state index is 10.6. The molecule has 0 N–H and O–H groups in total. The standard InChI is InChI=1S/C9H10N2O/c12-5-9-7-3-1-2-4-8(7)10-6-11-9/h5-6H,1-4H2. The molecule has 0 unspecified atom stereocenters. The molecule has 1 aromatic heterocycles. The second kappa shape index (κ2) is 3.01. The number of fused-ring (bicyclic) bond motifs is 1. The van der Waals surface area contributed by atoms with Gasteiger partial charge in [-0.15, -0.1) is 0 Å². The summed E-state index contributed by atoms with van der Waals surface area (Å²) in [4.78, 5) is 18.7. The van der Waals surface area contributed by atoms with Crippen LogP contribution < -0.4 is 0 Å². The summed E-state index contributed by atoms with van der Waals surface area (Å²) in [5.41, 5.74) is 2.72. The number of rotatable bonds is 1. The van der Waals surface area contributed by atoms with Gasteiger partial charge >= 0.3 is 0 Å². The Balaban J connectivity index is 2.51. The first-order chi connectivity index (χ1) is 5.92. The average molecular weight is 162 g/mol. The van der Waals surface area contributed by atoms with Crippen molar-refractivity contribution in [2.24, 2.45) is 0 Å². The molecule has 12 heavy (non-hydrogen) atoms. The van der Waals surface area contributed by atoms with Gasteiger partial charge in [-0.2, -0.15) is 0 Å². The van der Waals surface area contributed by atoms with Gasteiger partial charge in [0.25, 0.3) is 0 Å². The average Bonchev–Trinajstić information content (AvgIpc) is 2.17. The van der Waals surface area contributed by atoms with Crippen molar-refractivity contribution >= 4 is 6.29 Å². The predicted molar refractivity (Wildman–Crippen MR) is 44.1 cm³/mol. The van der Waals surface area contributed by atoms with E-state index in [-0.39, 0.29) is 0 Å². The summed E-state index contributed by atoms with van der Waals surface area (Å²) in [5.74, 6) is 0. The van der Waals surface area contributed by atoms with E-state index in [2.05, 4.69) is 9.97 Å². The molecule has 1 aliphatic rings. The fourth-order valence-corrected chi connectivity index (χ4v) is 1.65. The minimum Gasteiger partial charge on any atom is -0.296 e. The Morgan fingerprint density at radius 1 is 1.25 bits per heavy atom. The van der Waals surface area contributed by atoms with Gasteiger partial charge in [-0.25, -0.2) is 9.97 Å². The number of aldehydes is 1. The van der Waals surface area contributed by atoms with Gasteiger partial charge in [-0.05, 0) is 25.7 Å². The smallest absolute Gasteiger partial charge is 0.168 e. The predicted octanol–water partition coefficient (Wildman–Crippen LogP) is 1.17. The number of aryl methyl sites for hydroxylation is 1. The number of carbonyl (C=O) groups is 1. The van der Waals surface area contributed by atoms with E-state index in [4.69, 9.17) is 0 Å². The molecule has 0 atom stereocenters. The third-order valence-corrected chi connectivity index (χ3v) is 2.27. The molecule has 0 radical (unpaired) electrons. The minimum atomic E-state index is 0.583. The van der Waals surface area contributed by atoms with Gasteiger partial charge in [0.2, 0.25) is 0 Å². The van der Waals surface area contributed by atoms with E-state index in [1.165, 1.54) is 12.7 Å². The van der Waals surface area contributed by atoms with E-state index in [0.717, 1.165) is 36.8 Å². The maximum absolute atomic E-state index is 10.6. The number of hydrogen-bond donors (Lipinski definition) is 0. The highest BCUT2D eigenvalue weighted by molar-refractivity contribution is 5.74. The fourth-order valence-electron chi connectivity index (χ4n) is 1.65. The first-order valence-corrected chi connectivity index (χ1v) is 4.20. The van der Waals surface area contributed by atoms with Crippen molar-refractivity contribution in [1.29, 1.82) is 0 Å². The second-order valence-electron chi connectivity index (χ2n) is 3.01. The van der Waals surface area contributed by atoms with Crippen LogP contribution in [-0.4, -0.2) is 16.3 Å². The molecule has 0 fully saturated rings. The van der Waals surface area contributed by atoms with E-state index in [1.807, 2.05) is 0 Å². The summed E-state index contributed by atoms with van der Waals surface area (Å²) in [6.45, 7) is 0. The lowest BCUT2D eigenvalue weighted by molar-refractivity contribution is 0.111. The van der Waals surface area contributed by atoms with Crippen LogP contribution in [0.2, 0.25) is 0 Å². The van der Waals surface area contributed by atoms with Crippen LogP contribution in [0.4, 0.5) is 0 Å². The Labute approximate surface area is 70.9 Å². The largest absolute Gasteiger partial charge is 0.296 e. The third kappa shape index (κ3) is 1.11. The van der Waals surface area contributed by atoms with Gasteiger partial charge in [-0.3, -0.25) is 4.79 Å². The summed E-state index contributed by atoms with van der Waals surface area (Å²) in [7, 11) is 0. The summed E-state index contributed by atoms with van der Waals surface area (Å²) in [6, 6.07) is 0. The van der Waals surface area contributed by atoms with Crippen LogP contribution in [0.5, 0.6) is 0 Å². The van der Waals surface area contributed by atoms with E-state index in [9.17, 15) is 4.79 Å². The molecule has 1 aromatic rings. The molecule has 1 aliphatic carbocycles. The quantitative estimate of drug-likeness (QED) is 0.582. The summed E-state index contributed by atoms with van der Waals surface area (Å²) < 4.78 is 0. The zero-order valence-corrected chi connectivity index (χ0v) is 6.79. The molecule has 0 amide bonds. The SMILES string of the molecule is O=Cc1ncnc2c1CCCC2. The van der Waals surface area contributed by atoms with Crippen LogP contribution in [0.15, 0.2) is 6.33 Å². The molecule has 1 heterocycles. The first kappa shape index (κ1) is 7.40. The molecule has 0 bridgehead atoms. The highest BCUT2D eigenvalue weighted by Gasteiger charge is 2.14. The first-order valence-electron chi connectivity index (χ1n) is 4.20. The molecule has 0 aliphatic heterocycles. The molecular weight excluding hydrogens is 152 g/mol. The lowest BCUT2D eigenvalue weighted by Crippen LogP contribution is -2.09. The lowest BCUT2D eigenvalue weighted by atomic mass is 9.95. The molecule has 3 heteroatoms. The Hall–Kier alpha value is -1.25. The van der Waals surface area contributed by atoms with Gasteiger partial charge in [0.05, 0.1) is 0 Å². The van der Waals surface area contributed by atoms with E-state index >= 15 is 0 Å². The molecule has 0 saturated carbocycles. The summed E-state index contributed by atoms with van der Waals surface area (Å²) in [6.07, 6.45) is 6.60. The molecule has 0 spiro atoms. The normalized spacial score (nSPS) is 15.3. The Kier molecular flexibility index (Phi) is 1.86. The van der Waals surface area contributed by atoms with Gasteiger partial charge in [0, 0.05) is 11.3 Å². The molecule has 0 aromatic carbocycles. The Morgan fingerprint density at radius 2 is 2.08 bits per heavy atom. The third-order valence-electron chi connectivity index (χ3n) is 2.27. The van der Waals surface area contributed by atoms with Crippen LogP contribution >= 0.6 is 0 Å². The van der Waals surface area contributed by atoms with Gasteiger partial charge in [0.15, 0.2) is 6.29 Å². The molecule has 62 valence electrons. The van der Waals surface area contributed by atoms with Crippen LogP contribution in [-0.2, 0) is 12.8 Å². The van der Waals surface area contributed by atoms with Gasteiger partial charge in [-0.1, -0.05) is 0 Å². The van der Waals surface area contributed by atoms with Crippen molar-refractivity contribution in [3.05, 3.63) is 23.3 Å². The van der Waals surface area contributed by atoms with Crippen LogP contribution in [0.3, 0.4) is 0 Å². The van der Waals surface area contributed by atoms with E-state index in [0.29, 0.717) is 5.69 Å². The topological polar surface area (TPSA) is 42.9 Å². The van der Waals surface area contributed by atoms with E-state index < -0.39 is 0 Å². The number of carbonyl (C=O) groups excluding carboxylic acids is 1. The molecule has 3 nitrogen and oxygen atoms in total. The summed E-state index contributed by atoms with van der Waals surface area (Å²) in [5, 5.41) is 0. The maximum Gasteiger partial charge on any atom is 0.168 e. The minimum absolute atomic E-state index is 0.583. The van der Waals surface area contributed by atoms with Crippen LogP contribution in [0.1, 0.15) is 34.6 Å². The second-order valence-corrected chi connectivity index (χ2v) is 3.01. The fraction of sp³-hybridized carbons (Fsp3) is 0.444. The highest BCUT2D eigenvalue weighted by atomic mass is 16.1. The lowest BCUT2D eigenvalue weighted by Gasteiger charge is -2.14.